The van der Waals surface area contributed by atoms with E-state index in [1.165, 1.54) is 25.4 Å². The Morgan fingerprint density at radius 3 is 2.69 bits per heavy atom. The number of hydrogen-bond donors (Lipinski definition) is 1. The maximum atomic E-state index is 13.7. The van der Waals surface area contributed by atoms with E-state index in [1.54, 1.807) is 21.9 Å². The molecule has 7 nitrogen and oxygen atoms in total. The Hall–Kier alpha value is -3.16. The number of rotatable bonds is 5. The van der Waals surface area contributed by atoms with Crippen LogP contribution in [0.2, 0.25) is 0 Å². The van der Waals surface area contributed by atoms with Crippen molar-refractivity contribution in [1.29, 1.82) is 0 Å². The third kappa shape index (κ3) is 3.44. The van der Waals surface area contributed by atoms with Crippen molar-refractivity contribution >= 4 is 23.4 Å². The maximum absolute atomic E-state index is 13.7. The van der Waals surface area contributed by atoms with Gasteiger partial charge in [-0.05, 0) is 37.3 Å². The lowest BCUT2D eigenvalue weighted by Crippen LogP contribution is -2.32. The smallest absolute Gasteiger partial charge is 0.325 e. The van der Waals surface area contributed by atoms with Crippen molar-refractivity contribution in [3.8, 4) is 5.75 Å². The summed E-state index contributed by atoms with van der Waals surface area (Å²) in [4.78, 5) is 32.0. The molecule has 1 aromatic heterocycles. The fourth-order valence-corrected chi connectivity index (χ4v) is 2.72. The highest BCUT2D eigenvalue weighted by Gasteiger charge is 2.28. The Morgan fingerprint density at radius 2 is 2.12 bits per heavy atom. The number of nitrogens with zero attached hydrogens (tertiary/aromatic N) is 3. The Balaban J connectivity index is 1.68. The summed E-state index contributed by atoms with van der Waals surface area (Å²) in [6.07, 6.45) is 1.47. The van der Waals surface area contributed by atoms with Crippen molar-refractivity contribution in [2.24, 2.45) is 0 Å². The summed E-state index contributed by atoms with van der Waals surface area (Å²) in [7, 11) is 1.36. The van der Waals surface area contributed by atoms with Gasteiger partial charge in [0, 0.05) is 25.2 Å². The number of likely N-dealkylation sites (N-methyl/N-ethyl adjacent to an activating group) is 1. The van der Waals surface area contributed by atoms with Crippen LogP contribution in [0, 0.1) is 5.82 Å². The molecule has 0 saturated carbocycles. The van der Waals surface area contributed by atoms with Gasteiger partial charge in [-0.3, -0.25) is 9.69 Å². The summed E-state index contributed by atoms with van der Waals surface area (Å²) < 4.78 is 18.5. The molecule has 0 spiro atoms. The molecule has 1 aromatic carbocycles. The number of urea groups is 1. The van der Waals surface area contributed by atoms with Gasteiger partial charge in [0.1, 0.15) is 5.82 Å². The quantitative estimate of drug-likeness (QED) is 0.892. The summed E-state index contributed by atoms with van der Waals surface area (Å²) in [6.45, 7) is 3.83. The van der Waals surface area contributed by atoms with Gasteiger partial charge in [0.15, 0.2) is 11.6 Å². The average molecular weight is 358 g/mol. The number of halogens is 1. The van der Waals surface area contributed by atoms with E-state index < -0.39 is 11.7 Å². The standard InChI is InChI=1S/C18H19FN4O3/c1-3-22-8-9-23(18(22)25)16-7-5-13(11-20-16)21-17(24)12-4-6-15(26-2)14(19)10-12/h4-7,10-11H,3,8-9H2,1-2H3,(H,21,24). The lowest BCUT2D eigenvalue weighted by atomic mass is 10.2. The third-order valence-corrected chi connectivity index (χ3v) is 4.17. The van der Waals surface area contributed by atoms with Crippen LogP contribution in [0.15, 0.2) is 36.5 Å². The molecular formula is C18H19FN4O3. The molecule has 0 radical (unpaired) electrons. The molecule has 2 heterocycles. The molecule has 26 heavy (non-hydrogen) atoms. The van der Waals surface area contributed by atoms with Gasteiger partial charge in [0.05, 0.1) is 19.0 Å². The fourth-order valence-electron chi connectivity index (χ4n) is 2.72. The highest BCUT2D eigenvalue weighted by molar-refractivity contribution is 6.04. The number of methoxy groups -OCH3 is 1. The van der Waals surface area contributed by atoms with Crippen molar-refractivity contribution in [2.75, 3.05) is 37.0 Å². The van der Waals surface area contributed by atoms with Crippen LogP contribution >= 0.6 is 0 Å². The van der Waals surface area contributed by atoms with Crippen LogP contribution in [0.5, 0.6) is 5.75 Å². The predicted octanol–water partition coefficient (Wildman–Crippen LogP) is 2.74. The highest BCUT2D eigenvalue weighted by Crippen LogP contribution is 2.21. The lowest BCUT2D eigenvalue weighted by molar-refractivity contribution is 0.102. The van der Waals surface area contributed by atoms with Crippen LogP contribution in [0.4, 0.5) is 20.7 Å². The molecule has 3 amide bonds. The molecule has 1 saturated heterocycles. The van der Waals surface area contributed by atoms with Gasteiger partial charge >= 0.3 is 6.03 Å². The topological polar surface area (TPSA) is 74.8 Å². The summed E-state index contributed by atoms with van der Waals surface area (Å²) in [5.74, 6) is -0.472. The largest absolute Gasteiger partial charge is 0.494 e. The maximum Gasteiger partial charge on any atom is 0.325 e. The van der Waals surface area contributed by atoms with Crippen molar-refractivity contribution in [3.05, 3.63) is 47.9 Å². The zero-order valence-corrected chi connectivity index (χ0v) is 14.5. The van der Waals surface area contributed by atoms with Crippen molar-refractivity contribution in [1.82, 2.24) is 9.88 Å². The van der Waals surface area contributed by atoms with Crippen molar-refractivity contribution in [2.45, 2.75) is 6.92 Å². The average Bonchev–Trinajstić information content (AvgIpc) is 3.02. The van der Waals surface area contributed by atoms with Gasteiger partial charge in [-0.1, -0.05) is 0 Å². The van der Waals surface area contributed by atoms with Gasteiger partial charge in [-0.25, -0.2) is 14.2 Å². The van der Waals surface area contributed by atoms with Gasteiger partial charge in [-0.2, -0.15) is 0 Å². The van der Waals surface area contributed by atoms with Crippen LogP contribution in [-0.2, 0) is 0 Å². The van der Waals surface area contributed by atoms with Crippen LogP contribution in [0.25, 0.3) is 0 Å². The Labute approximate surface area is 150 Å². The molecule has 1 fully saturated rings. The number of anilines is 2. The normalized spacial score (nSPS) is 13.9. The minimum absolute atomic E-state index is 0.0731. The van der Waals surface area contributed by atoms with E-state index in [4.69, 9.17) is 4.74 Å². The van der Waals surface area contributed by atoms with Gasteiger partial charge in [-0.15, -0.1) is 0 Å². The number of ether oxygens (including phenoxy) is 1. The molecule has 1 aliphatic rings. The number of carbonyl (C=O) groups excluding carboxylic acids is 2. The monoisotopic (exact) mass is 358 g/mol. The molecule has 3 rings (SSSR count). The number of pyridine rings is 1. The second-order valence-electron chi connectivity index (χ2n) is 5.72. The molecule has 1 N–H and O–H groups in total. The lowest BCUT2D eigenvalue weighted by Gasteiger charge is -2.16. The molecule has 0 atom stereocenters. The molecule has 8 heteroatoms. The SMILES string of the molecule is CCN1CCN(c2ccc(NC(=O)c3ccc(OC)c(F)c3)cn2)C1=O. The number of hydrogen-bond acceptors (Lipinski definition) is 4. The van der Waals surface area contributed by atoms with E-state index in [-0.39, 0.29) is 17.3 Å². The zero-order valence-electron chi connectivity index (χ0n) is 14.5. The first-order valence-electron chi connectivity index (χ1n) is 8.21. The van der Waals surface area contributed by atoms with E-state index >= 15 is 0 Å². The van der Waals surface area contributed by atoms with E-state index in [0.29, 0.717) is 31.1 Å². The zero-order chi connectivity index (χ0) is 18.7. The molecule has 0 aliphatic carbocycles. The Kier molecular flexibility index (Phi) is 5.01. The second kappa shape index (κ2) is 7.38. The number of aromatic nitrogens is 1. The van der Waals surface area contributed by atoms with Crippen LogP contribution in [0.3, 0.4) is 0 Å². The molecule has 2 aromatic rings. The summed E-state index contributed by atoms with van der Waals surface area (Å²) >= 11 is 0. The summed E-state index contributed by atoms with van der Waals surface area (Å²) in [6, 6.07) is 7.22. The van der Waals surface area contributed by atoms with E-state index in [0.717, 1.165) is 6.07 Å². The predicted molar refractivity (Wildman–Crippen MR) is 95.1 cm³/mol. The first-order chi connectivity index (χ1) is 12.5. The molecule has 1 aliphatic heterocycles. The first-order valence-corrected chi connectivity index (χ1v) is 8.21. The van der Waals surface area contributed by atoms with Crippen LogP contribution in [-0.4, -0.2) is 48.6 Å². The third-order valence-electron chi connectivity index (χ3n) is 4.17. The van der Waals surface area contributed by atoms with Crippen molar-refractivity contribution in [3.63, 3.8) is 0 Å². The summed E-state index contributed by atoms with van der Waals surface area (Å²) in [5.41, 5.74) is 0.620. The summed E-state index contributed by atoms with van der Waals surface area (Å²) in [5, 5.41) is 2.65. The fraction of sp³-hybridized carbons (Fsp3) is 0.278. The molecular weight excluding hydrogens is 339 g/mol. The molecule has 0 bridgehead atoms. The highest BCUT2D eigenvalue weighted by atomic mass is 19.1. The van der Waals surface area contributed by atoms with Gasteiger partial charge in [0.2, 0.25) is 0 Å². The molecule has 136 valence electrons. The first kappa shape index (κ1) is 17.7. The van der Waals surface area contributed by atoms with Gasteiger partial charge < -0.3 is 15.0 Å². The number of benzene rings is 1. The Bertz CT molecular complexity index is 826. The Morgan fingerprint density at radius 1 is 1.31 bits per heavy atom. The van der Waals surface area contributed by atoms with Crippen LogP contribution < -0.4 is 15.0 Å². The van der Waals surface area contributed by atoms with Crippen molar-refractivity contribution < 1.29 is 18.7 Å². The van der Waals surface area contributed by atoms with E-state index in [2.05, 4.69) is 10.3 Å². The van der Waals surface area contributed by atoms with Crippen LogP contribution in [0.1, 0.15) is 17.3 Å². The minimum Gasteiger partial charge on any atom is -0.494 e. The van der Waals surface area contributed by atoms with Gasteiger partial charge in [0.25, 0.3) is 5.91 Å². The second-order valence-corrected chi connectivity index (χ2v) is 5.72. The van der Waals surface area contributed by atoms with E-state index in [9.17, 15) is 14.0 Å². The molecule has 0 unspecified atom stereocenters. The minimum atomic E-state index is -0.610. The number of nitrogens with one attached hydrogen (secondary N) is 1. The number of carbonyl (C=O) groups is 2. The van der Waals surface area contributed by atoms with E-state index in [1.807, 2.05) is 6.92 Å². The number of amides is 3.